The van der Waals surface area contributed by atoms with Gasteiger partial charge in [-0.05, 0) is 52.9 Å². The van der Waals surface area contributed by atoms with Crippen LogP contribution in [-0.4, -0.2) is 32.3 Å². The zero-order valence-electron chi connectivity index (χ0n) is 24.7. The highest BCUT2D eigenvalue weighted by Crippen LogP contribution is 2.12. The molecule has 0 aromatic rings. The highest BCUT2D eigenvalue weighted by molar-refractivity contribution is 5.81. The number of nitrogens with zero attached hydrogens (tertiary/aromatic N) is 3. The van der Waals surface area contributed by atoms with Crippen molar-refractivity contribution >= 4 is 12.6 Å². The lowest BCUT2D eigenvalue weighted by Gasteiger charge is -2.11. The van der Waals surface area contributed by atoms with Gasteiger partial charge in [-0.3, -0.25) is 4.79 Å². The Hall–Kier alpha value is -2.26. The van der Waals surface area contributed by atoms with Crippen molar-refractivity contribution in [2.45, 2.75) is 126 Å². The number of nitrogens with one attached hydrogen (secondary N) is 1. The molecule has 0 aliphatic rings. The minimum atomic E-state index is -0.374. The van der Waals surface area contributed by atoms with Crippen LogP contribution in [0, 0.1) is 12.3 Å². The van der Waals surface area contributed by atoms with Crippen LogP contribution < -0.4 is 11.1 Å². The molecule has 0 saturated heterocycles. The average Bonchev–Trinajstić information content (AvgIpc) is 2.85. The Bertz CT molecular complexity index is 534. The van der Waals surface area contributed by atoms with Crippen molar-refractivity contribution in [2.24, 2.45) is 21.2 Å². The van der Waals surface area contributed by atoms with Crippen LogP contribution in [0.1, 0.15) is 120 Å². The van der Waals surface area contributed by atoms with Crippen LogP contribution in [0.25, 0.3) is 0 Å². The van der Waals surface area contributed by atoms with Crippen molar-refractivity contribution in [2.75, 3.05) is 13.6 Å². The first-order valence-corrected chi connectivity index (χ1v) is 13.4. The van der Waals surface area contributed by atoms with Gasteiger partial charge in [0.15, 0.2) is 0 Å². The highest BCUT2D eigenvalue weighted by atomic mass is 16.2. The summed E-state index contributed by atoms with van der Waals surface area (Å²) in [6.07, 6.45) is 23.0. The van der Waals surface area contributed by atoms with E-state index in [1.165, 1.54) is 57.6 Å². The Kier molecular flexibility index (Phi) is 55.4. The molecule has 206 valence electrons. The second kappa shape index (κ2) is 45.3. The number of likely N-dealkylation sites (N-methyl/N-ethyl adjacent to an activating group) is 1. The van der Waals surface area contributed by atoms with Gasteiger partial charge in [0.25, 0.3) is 0 Å². The number of hydrogen-bond acceptors (Lipinski definition) is 4. The maximum atomic E-state index is 11.5. The van der Waals surface area contributed by atoms with Crippen molar-refractivity contribution in [1.29, 1.82) is 0 Å². The lowest BCUT2D eigenvalue weighted by Crippen LogP contribution is -2.40. The molecule has 35 heavy (non-hydrogen) atoms. The van der Waals surface area contributed by atoms with Crippen LogP contribution in [0.5, 0.6) is 0 Å². The predicted molar refractivity (Wildman–Crippen MR) is 159 cm³/mol. The standard InChI is InChI=1S/C19H36N2O.C3H8.C3H4.C2H5N3.C2H6/c1-4-7-8-9-10-11-12-14-17(5-2)15-13-16-18(20)19(22)21-6-3;2*1-3-2;1-3-5-4-2;1-2/h5,12,14,18H,4,6-11,13,15-16,20H2,1-3H3,(H,21,22);3H2,1-2H3;1H,2H3;1H2,2H3;1-2H3/b14-12-,17-5+;;;;. The van der Waals surface area contributed by atoms with Gasteiger partial charge in [-0.2, -0.15) is 5.11 Å². The van der Waals surface area contributed by atoms with E-state index in [9.17, 15) is 4.79 Å². The zero-order chi connectivity index (χ0) is 28.2. The third-order valence-corrected chi connectivity index (χ3v) is 4.00. The van der Waals surface area contributed by atoms with Crippen molar-refractivity contribution in [3.63, 3.8) is 0 Å². The minimum absolute atomic E-state index is 0.0350. The van der Waals surface area contributed by atoms with E-state index in [-0.39, 0.29) is 11.9 Å². The Morgan fingerprint density at radius 1 is 1.11 bits per heavy atom. The smallest absolute Gasteiger partial charge is 0.236 e. The van der Waals surface area contributed by atoms with Crippen molar-refractivity contribution < 1.29 is 4.79 Å². The number of allylic oxidation sites excluding steroid dienone is 4. The molecule has 0 bridgehead atoms. The lowest BCUT2D eigenvalue weighted by molar-refractivity contribution is -0.122. The van der Waals surface area contributed by atoms with Gasteiger partial charge in [-0.25, -0.2) is 0 Å². The Morgan fingerprint density at radius 2 is 1.66 bits per heavy atom. The van der Waals surface area contributed by atoms with Crippen molar-refractivity contribution in [3.8, 4) is 12.3 Å². The van der Waals surface area contributed by atoms with Gasteiger partial charge in [0, 0.05) is 13.3 Å². The van der Waals surface area contributed by atoms with Crippen LogP contribution in [0.15, 0.2) is 39.2 Å². The van der Waals surface area contributed by atoms with Gasteiger partial charge in [-0.15, -0.1) is 17.4 Å². The van der Waals surface area contributed by atoms with E-state index in [0.29, 0.717) is 6.54 Å². The quantitative estimate of drug-likeness (QED) is 0.0636. The first-order valence-electron chi connectivity index (χ1n) is 13.4. The van der Waals surface area contributed by atoms with Crippen LogP contribution >= 0.6 is 0 Å². The monoisotopic (exact) mass is 493 g/mol. The number of hydrogen-bond donors (Lipinski definition) is 2. The molecule has 0 fully saturated rings. The van der Waals surface area contributed by atoms with Gasteiger partial charge in [0.2, 0.25) is 5.91 Å². The summed E-state index contributed by atoms with van der Waals surface area (Å²) >= 11 is 0. The fraction of sp³-hybridized carbons (Fsp3) is 0.724. The number of carbonyl (C=O) groups is 1. The van der Waals surface area contributed by atoms with E-state index in [4.69, 9.17) is 5.73 Å². The van der Waals surface area contributed by atoms with E-state index >= 15 is 0 Å². The molecule has 1 amide bonds. The lowest BCUT2D eigenvalue weighted by atomic mass is 10.0. The fourth-order valence-corrected chi connectivity index (χ4v) is 2.45. The molecule has 0 saturated carbocycles. The summed E-state index contributed by atoms with van der Waals surface area (Å²) in [5.74, 6) is 2.21. The van der Waals surface area contributed by atoms with E-state index in [0.717, 1.165) is 19.3 Å². The molecule has 6 heteroatoms. The summed E-state index contributed by atoms with van der Waals surface area (Å²) in [7, 11) is 1.54. The summed E-state index contributed by atoms with van der Waals surface area (Å²) in [6, 6.07) is -0.374. The molecule has 0 aromatic heterocycles. The zero-order valence-corrected chi connectivity index (χ0v) is 24.7. The first kappa shape index (κ1) is 42.9. The van der Waals surface area contributed by atoms with E-state index in [1.807, 2.05) is 20.8 Å². The summed E-state index contributed by atoms with van der Waals surface area (Å²) in [4.78, 5) is 11.5. The van der Waals surface area contributed by atoms with Gasteiger partial charge < -0.3 is 11.1 Å². The van der Waals surface area contributed by atoms with E-state index in [1.54, 1.807) is 6.92 Å². The molecule has 0 heterocycles. The summed E-state index contributed by atoms with van der Waals surface area (Å²) in [6.45, 7) is 19.8. The van der Waals surface area contributed by atoms with Gasteiger partial charge in [0.1, 0.15) is 0 Å². The predicted octanol–water partition coefficient (Wildman–Crippen LogP) is 8.25. The fourth-order valence-electron chi connectivity index (χ4n) is 2.45. The topological polar surface area (TPSA) is 92.2 Å². The van der Waals surface area contributed by atoms with E-state index in [2.05, 4.69) is 85.7 Å². The third kappa shape index (κ3) is 49.8. The molecule has 0 rings (SSSR count). The molecule has 0 aliphatic heterocycles. The summed E-state index contributed by atoms with van der Waals surface area (Å²) < 4.78 is 0. The number of rotatable bonds is 14. The molecular formula is C29H59N5O. The number of terminal acetylenes is 1. The number of nitrogens with two attached hydrogens (primary N) is 1. The van der Waals surface area contributed by atoms with Gasteiger partial charge >= 0.3 is 0 Å². The van der Waals surface area contributed by atoms with Crippen molar-refractivity contribution in [1.82, 2.24) is 5.32 Å². The largest absolute Gasteiger partial charge is 0.355 e. The van der Waals surface area contributed by atoms with Crippen LogP contribution in [-0.2, 0) is 4.79 Å². The SMILES string of the molecule is C#CC.C/C=C(\C=C/CCCCCCC)CCCC(N)C(=O)NCC.C=NN=NC.CC.CCC. The Labute approximate surface area is 219 Å². The maximum Gasteiger partial charge on any atom is 0.236 e. The molecule has 0 spiro atoms. The normalized spacial score (nSPS) is 10.7. The Balaban J connectivity index is -0.000000190. The van der Waals surface area contributed by atoms with Crippen LogP contribution in [0.2, 0.25) is 0 Å². The molecule has 3 N–H and O–H groups in total. The van der Waals surface area contributed by atoms with Crippen LogP contribution in [0.3, 0.4) is 0 Å². The molecule has 6 nitrogen and oxygen atoms in total. The molecular weight excluding hydrogens is 434 g/mol. The number of amides is 1. The van der Waals surface area contributed by atoms with Crippen molar-refractivity contribution in [3.05, 3.63) is 23.8 Å². The van der Waals surface area contributed by atoms with Gasteiger partial charge in [0.05, 0.1) is 13.1 Å². The van der Waals surface area contributed by atoms with E-state index < -0.39 is 0 Å². The Morgan fingerprint density at radius 3 is 2.06 bits per heavy atom. The molecule has 0 aromatic carbocycles. The van der Waals surface area contributed by atoms with Gasteiger partial charge in [-0.1, -0.05) is 95.7 Å². The minimum Gasteiger partial charge on any atom is -0.355 e. The maximum absolute atomic E-state index is 11.5. The third-order valence-electron chi connectivity index (χ3n) is 4.00. The molecule has 0 aliphatic carbocycles. The van der Waals surface area contributed by atoms with Crippen LogP contribution in [0.4, 0.5) is 0 Å². The molecule has 1 unspecified atom stereocenters. The number of unbranched alkanes of at least 4 members (excludes halogenated alkanes) is 5. The first-order chi connectivity index (χ1) is 16.9. The number of carbonyl (C=O) groups excluding carboxylic acids is 1. The summed E-state index contributed by atoms with van der Waals surface area (Å²) in [5.41, 5.74) is 7.21. The highest BCUT2D eigenvalue weighted by Gasteiger charge is 2.11. The summed E-state index contributed by atoms with van der Waals surface area (Å²) in [5, 5.41) is 12.2. The molecule has 1 atom stereocenters. The molecule has 0 radical (unpaired) electrons. The average molecular weight is 494 g/mol. The second-order valence-corrected chi connectivity index (χ2v) is 7.29. The second-order valence-electron chi connectivity index (χ2n) is 7.29.